The maximum Gasteiger partial charge on any atom is 0.336 e. The van der Waals surface area contributed by atoms with Gasteiger partial charge in [0.25, 0.3) is 0 Å². The first kappa shape index (κ1) is 17.5. The average molecular weight is 341 g/mol. The molecule has 5 nitrogen and oxygen atoms in total. The number of rotatable bonds is 6. The Bertz CT molecular complexity index is 689. The monoisotopic (exact) mass is 341 g/mol. The molecule has 2 aromatic carbocycles. The van der Waals surface area contributed by atoms with Crippen molar-refractivity contribution >= 4 is 5.97 Å². The molecule has 0 spiro atoms. The Labute approximate surface area is 148 Å². The Morgan fingerprint density at radius 1 is 1.16 bits per heavy atom. The zero-order chi connectivity index (χ0) is 17.5. The lowest BCUT2D eigenvalue weighted by Gasteiger charge is -2.31. The molecule has 1 heterocycles. The lowest BCUT2D eigenvalue weighted by molar-refractivity contribution is -0.162. The van der Waals surface area contributed by atoms with Gasteiger partial charge in [-0.2, -0.15) is 0 Å². The fourth-order valence-corrected chi connectivity index (χ4v) is 2.81. The van der Waals surface area contributed by atoms with Crippen LogP contribution in [-0.2, 0) is 20.8 Å². The normalized spacial score (nSPS) is 17.9. The molecule has 0 saturated carbocycles. The summed E-state index contributed by atoms with van der Waals surface area (Å²) in [4.78, 5) is 14.1. The third-order valence-electron chi connectivity index (χ3n) is 3.98. The van der Waals surface area contributed by atoms with Crippen LogP contribution in [0.4, 0.5) is 0 Å². The molecule has 1 saturated heterocycles. The van der Waals surface area contributed by atoms with Crippen molar-refractivity contribution in [3.8, 4) is 11.5 Å². The van der Waals surface area contributed by atoms with Crippen molar-refractivity contribution in [2.75, 3.05) is 26.3 Å². The van der Waals surface area contributed by atoms with Crippen LogP contribution in [0.15, 0.2) is 54.6 Å². The molecule has 5 heteroatoms. The third kappa shape index (κ3) is 5.05. The standard InChI is InChI=1S/C20H23NO4/c1-2-23-20(22)19-15-21(11-12-24-19)14-16-7-6-10-18(13-16)25-17-8-4-3-5-9-17/h3-10,13,19H,2,11-12,14-15H2,1H3. The quantitative estimate of drug-likeness (QED) is 0.755. The Balaban J connectivity index is 1.61. The first-order valence-corrected chi connectivity index (χ1v) is 8.57. The van der Waals surface area contributed by atoms with E-state index in [9.17, 15) is 4.79 Å². The zero-order valence-electron chi connectivity index (χ0n) is 14.4. The van der Waals surface area contributed by atoms with E-state index in [0.29, 0.717) is 19.8 Å². The van der Waals surface area contributed by atoms with E-state index in [0.717, 1.165) is 30.2 Å². The summed E-state index contributed by atoms with van der Waals surface area (Å²) in [7, 11) is 0. The largest absolute Gasteiger partial charge is 0.464 e. The number of hydrogen-bond donors (Lipinski definition) is 0. The van der Waals surface area contributed by atoms with Crippen LogP contribution in [0.25, 0.3) is 0 Å². The number of esters is 1. The molecule has 0 aromatic heterocycles. The Morgan fingerprint density at radius 2 is 1.96 bits per heavy atom. The predicted molar refractivity (Wildman–Crippen MR) is 94.6 cm³/mol. The van der Waals surface area contributed by atoms with E-state index in [1.807, 2.05) is 48.5 Å². The topological polar surface area (TPSA) is 48.0 Å². The number of nitrogens with zero attached hydrogens (tertiary/aromatic N) is 1. The van der Waals surface area contributed by atoms with Crippen molar-refractivity contribution in [3.63, 3.8) is 0 Å². The van der Waals surface area contributed by atoms with Gasteiger partial charge in [-0.15, -0.1) is 0 Å². The average Bonchev–Trinajstić information content (AvgIpc) is 2.63. The van der Waals surface area contributed by atoms with E-state index < -0.39 is 6.10 Å². The van der Waals surface area contributed by atoms with Gasteiger partial charge in [0.05, 0.1) is 13.2 Å². The number of para-hydroxylation sites is 1. The van der Waals surface area contributed by atoms with Crippen molar-refractivity contribution in [3.05, 3.63) is 60.2 Å². The van der Waals surface area contributed by atoms with Gasteiger partial charge in [-0.05, 0) is 36.8 Å². The van der Waals surface area contributed by atoms with Crippen LogP contribution in [0, 0.1) is 0 Å². The second-order valence-electron chi connectivity index (χ2n) is 5.91. The van der Waals surface area contributed by atoms with Gasteiger partial charge in [-0.1, -0.05) is 30.3 Å². The van der Waals surface area contributed by atoms with Gasteiger partial charge < -0.3 is 14.2 Å². The van der Waals surface area contributed by atoms with Gasteiger partial charge in [-0.3, -0.25) is 4.90 Å². The van der Waals surface area contributed by atoms with Crippen molar-refractivity contribution < 1.29 is 19.0 Å². The van der Waals surface area contributed by atoms with Crippen molar-refractivity contribution in [1.29, 1.82) is 0 Å². The third-order valence-corrected chi connectivity index (χ3v) is 3.98. The second-order valence-corrected chi connectivity index (χ2v) is 5.91. The van der Waals surface area contributed by atoms with E-state index in [4.69, 9.17) is 14.2 Å². The summed E-state index contributed by atoms with van der Waals surface area (Å²) in [6.45, 7) is 4.78. The highest BCUT2D eigenvalue weighted by molar-refractivity contribution is 5.75. The first-order chi connectivity index (χ1) is 12.2. The molecule has 0 N–H and O–H groups in total. The summed E-state index contributed by atoms with van der Waals surface area (Å²) >= 11 is 0. The molecule has 0 bridgehead atoms. The summed E-state index contributed by atoms with van der Waals surface area (Å²) in [6.07, 6.45) is -0.502. The highest BCUT2D eigenvalue weighted by Crippen LogP contribution is 2.22. The molecule has 1 unspecified atom stereocenters. The molecule has 1 fully saturated rings. The van der Waals surface area contributed by atoms with E-state index in [-0.39, 0.29) is 5.97 Å². The maximum atomic E-state index is 11.9. The molecule has 0 amide bonds. The first-order valence-electron chi connectivity index (χ1n) is 8.57. The summed E-state index contributed by atoms with van der Waals surface area (Å²) in [6, 6.07) is 17.7. The van der Waals surface area contributed by atoms with Crippen LogP contribution >= 0.6 is 0 Å². The lowest BCUT2D eigenvalue weighted by atomic mass is 10.1. The van der Waals surface area contributed by atoms with Crippen LogP contribution in [0.3, 0.4) is 0 Å². The smallest absolute Gasteiger partial charge is 0.336 e. The summed E-state index contributed by atoms with van der Waals surface area (Å²) in [5, 5.41) is 0. The molecule has 1 atom stereocenters. The number of carbonyl (C=O) groups is 1. The van der Waals surface area contributed by atoms with Crippen LogP contribution in [-0.4, -0.2) is 43.3 Å². The molecule has 132 valence electrons. The number of carbonyl (C=O) groups excluding carboxylic acids is 1. The fourth-order valence-electron chi connectivity index (χ4n) is 2.81. The number of hydrogen-bond acceptors (Lipinski definition) is 5. The number of benzene rings is 2. The van der Waals surface area contributed by atoms with Crippen molar-refractivity contribution in [2.24, 2.45) is 0 Å². The van der Waals surface area contributed by atoms with Crippen LogP contribution in [0.2, 0.25) is 0 Å². The highest BCUT2D eigenvalue weighted by Gasteiger charge is 2.27. The van der Waals surface area contributed by atoms with Gasteiger partial charge in [0.2, 0.25) is 0 Å². The lowest BCUT2D eigenvalue weighted by Crippen LogP contribution is -2.46. The number of ether oxygens (including phenoxy) is 3. The van der Waals surface area contributed by atoms with Crippen molar-refractivity contribution in [2.45, 2.75) is 19.6 Å². The summed E-state index contributed by atoms with van der Waals surface area (Å²) in [5.74, 6) is 1.33. The van der Waals surface area contributed by atoms with Gasteiger partial charge >= 0.3 is 5.97 Å². The molecule has 2 aromatic rings. The van der Waals surface area contributed by atoms with Crippen LogP contribution in [0.1, 0.15) is 12.5 Å². The molecule has 25 heavy (non-hydrogen) atoms. The molecule has 1 aliphatic rings. The molecular weight excluding hydrogens is 318 g/mol. The van der Waals surface area contributed by atoms with Crippen LogP contribution in [0.5, 0.6) is 11.5 Å². The van der Waals surface area contributed by atoms with E-state index in [2.05, 4.69) is 11.0 Å². The predicted octanol–water partition coefficient (Wildman–Crippen LogP) is 3.24. The van der Waals surface area contributed by atoms with Gasteiger partial charge in [-0.25, -0.2) is 4.79 Å². The van der Waals surface area contributed by atoms with Gasteiger partial charge in [0.15, 0.2) is 6.10 Å². The molecule has 1 aliphatic heterocycles. The highest BCUT2D eigenvalue weighted by atomic mass is 16.6. The number of morpholine rings is 1. The zero-order valence-corrected chi connectivity index (χ0v) is 14.4. The fraction of sp³-hybridized carbons (Fsp3) is 0.350. The Kier molecular flexibility index (Phi) is 6.04. The molecule has 3 rings (SSSR count). The Morgan fingerprint density at radius 3 is 2.76 bits per heavy atom. The molecule has 0 aliphatic carbocycles. The summed E-state index contributed by atoms with van der Waals surface area (Å²) in [5.41, 5.74) is 1.14. The molecule has 0 radical (unpaired) electrons. The maximum absolute atomic E-state index is 11.9. The Hall–Kier alpha value is -2.37. The van der Waals surface area contributed by atoms with Gasteiger partial charge in [0, 0.05) is 19.6 Å². The van der Waals surface area contributed by atoms with E-state index >= 15 is 0 Å². The van der Waals surface area contributed by atoms with Crippen molar-refractivity contribution in [1.82, 2.24) is 4.90 Å². The second kappa shape index (κ2) is 8.65. The SMILES string of the molecule is CCOC(=O)C1CN(Cc2cccc(Oc3ccccc3)c2)CCO1. The molecular formula is C20H23NO4. The minimum atomic E-state index is -0.502. The van der Waals surface area contributed by atoms with E-state index in [1.54, 1.807) is 6.92 Å². The van der Waals surface area contributed by atoms with E-state index in [1.165, 1.54) is 0 Å². The van der Waals surface area contributed by atoms with Crippen LogP contribution < -0.4 is 4.74 Å². The summed E-state index contributed by atoms with van der Waals surface area (Å²) < 4.78 is 16.5. The minimum absolute atomic E-state index is 0.284. The van der Waals surface area contributed by atoms with Gasteiger partial charge in [0.1, 0.15) is 11.5 Å². The minimum Gasteiger partial charge on any atom is -0.464 e.